The summed E-state index contributed by atoms with van der Waals surface area (Å²) in [6, 6.07) is 42.1. The predicted octanol–water partition coefficient (Wildman–Crippen LogP) is 7.54. The number of nitro benzene ring substituents is 1. The largest absolute Gasteiger partial charge is 0.489 e. The smallest absolute Gasteiger partial charge is 0.270 e. The third-order valence-corrected chi connectivity index (χ3v) is 7.38. The van der Waals surface area contributed by atoms with Crippen molar-refractivity contribution in [2.24, 2.45) is 0 Å². The van der Waals surface area contributed by atoms with E-state index in [1.165, 1.54) is 12.1 Å². The first kappa shape index (κ1) is 26.8. The van der Waals surface area contributed by atoms with Crippen LogP contribution < -0.4 is 9.64 Å². The van der Waals surface area contributed by atoms with Crippen molar-refractivity contribution in [3.05, 3.63) is 171 Å². The lowest BCUT2D eigenvalue weighted by atomic mass is 9.98. The van der Waals surface area contributed by atoms with Crippen LogP contribution in [-0.2, 0) is 19.7 Å². The zero-order valence-electron chi connectivity index (χ0n) is 22.9. The molecule has 1 amide bonds. The number of benzene rings is 5. The normalized spacial score (nSPS) is 14.4. The molecular formula is C35H29N3O4. The van der Waals surface area contributed by atoms with Gasteiger partial charge in [0.25, 0.3) is 11.6 Å². The molecule has 1 aliphatic heterocycles. The van der Waals surface area contributed by atoms with Crippen LogP contribution in [-0.4, -0.2) is 15.7 Å². The lowest BCUT2D eigenvalue weighted by Crippen LogP contribution is -2.48. The third kappa shape index (κ3) is 5.71. The maximum Gasteiger partial charge on any atom is 0.270 e. The van der Waals surface area contributed by atoms with Crippen molar-refractivity contribution in [1.82, 2.24) is 4.90 Å². The highest BCUT2D eigenvalue weighted by molar-refractivity contribution is 6.02. The van der Waals surface area contributed by atoms with E-state index in [1.54, 1.807) is 11.0 Å². The van der Waals surface area contributed by atoms with E-state index in [2.05, 4.69) is 4.90 Å². The van der Waals surface area contributed by atoms with E-state index >= 15 is 0 Å². The SMILES string of the molecule is O=C1c2cc([N+](=O)[O-])ccc2N(Cc2ccccc2)[C@H](c2cccc(OCc3ccccc3)c2)N1Cc1ccccc1. The Balaban J connectivity index is 1.46. The summed E-state index contributed by atoms with van der Waals surface area (Å²) in [6.45, 7) is 1.23. The lowest BCUT2D eigenvalue weighted by molar-refractivity contribution is -0.384. The molecule has 1 aliphatic rings. The molecule has 0 aliphatic carbocycles. The summed E-state index contributed by atoms with van der Waals surface area (Å²) in [6.07, 6.45) is -0.493. The molecule has 0 unspecified atom stereocenters. The van der Waals surface area contributed by atoms with Gasteiger partial charge in [-0.15, -0.1) is 0 Å². The second kappa shape index (κ2) is 12.0. The average molecular weight is 556 g/mol. The van der Waals surface area contributed by atoms with E-state index in [9.17, 15) is 14.9 Å². The molecule has 0 saturated carbocycles. The zero-order valence-corrected chi connectivity index (χ0v) is 22.9. The monoisotopic (exact) mass is 555 g/mol. The molecule has 0 aromatic heterocycles. The number of ether oxygens (including phenoxy) is 1. The Morgan fingerprint density at radius 2 is 1.26 bits per heavy atom. The van der Waals surface area contributed by atoms with Gasteiger partial charge in [-0.3, -0.25) is 14.9 Å². The number of nitro groups is 1. The summed E-state index contributed by atoms with van der Waals surface area (Å²) < 4.78 is 6.17. The van der Waals surface area contributed by atoms with Crippen LogP contribution in [0.2, 0.25) is 0 Å². The Hall–Kier alpha value is -5.43. The number of fused-ring (bicyclic) bond motifs is 1. The fourth-order valence-corrected chi connectivity index (χ4v) is 5.38. The van der Waals surface area contributed by atoms with Gasteiger partial charge in [0.1, 0.15) is 18.5 Å². The van der Waals surface area contributed by atoms with Gasteiger partial charge in [-0.05, 0) is 40.5 Å². The van der Waals surface area contributed by atoms with Crippen LogP contribution in [0.4, 0.5) is 11.4 Å². The summed E-state index contributed by atoms with van der Waals surface area (Å²) in [4.78, 5) is 29.4. The molecule has 0 N–H and O–H groups in total. The van der Waals surface area contributed by atoms with Crippen LogP contribution in [0.5, 0.6) is 5.75 Å². The standard InChI is InChI=1S/C35H29N3O4/c39-35-32-22-30(38(40)41)19-20-33(32)36(23-26-11-4-1-5-12-26)34(37(35)24-27-13-6-2-7-14-27)29-17-10-18-31(21-29)42-25-28-15-8-3-9-16-28/h1-22,34H,23-25H2/t34-/m0/s1. The Bertz CT molecular complexity index is 1690. The second-order valence-corrected chi connectivity index (χ2v) is 10.2. The van der Waals surface area contributed by atoms with E-state index in [0.29, 0.717) is 36.7 Å². The van der Waals surface area contributed by atoms with E-state index < -0.39 is 11.1 Å². The summed E-state index contributed by atoms with van der Waals surface area (Å²) in [5.41, 5.74) is 4.80. The van der Waals surface area contributed by atoms with Crippen molar-refractivity contribution in [3.63, 3.8) is 0 Å². The number of amides is 1. The fourth-order valence-electron chi connectivity index (χ4n) is 5.38. The molecule has 7 heteroatoms. The minimum absolute atomic E-state index is 0.115. The van der Waals surface area contributed by atoms with Crippen LogP contribution >= 0.6 is 0 Å². The maximum atomic E-state index is 14.2. The number of rotatable bonds is 9. The van der Waals surface area contributed by atoms with Crippen molar-refractivity contribution in [2.45, 2.75) is 25.9 Å². The molecule has 0 saturated heterocycles. The van der Waals surface area contributed by atoms with Crippen molar-refractivity contribution < 1.29 is 14.5 Å². The summed E-state index contributed by atoms with van der Waals surface area (Å²) in [5, 5.41) is 11.7. The number of carbonyl (C=O) groups is 1. The molecule has 1 atom stereocenters. The summed E-state index contributed by atoms with van der Waals surface area (Å²) in [7, 11) is 0. The van der Waals surface area contributed by atoms with Gasteiger partial charge in [0.2, 0.25) is 0 Å². The van der Waals surface area contributed by atoms with Gasteiger partial charge in [-0.1, -0.05) is 103 Å². The zero-order chi connectivity index (χ0) is 28.9. The molecule has 6 rings (SSSR count). The van der Waals surface area contributed by atoms with Crippen LogP contribution in [0.15, 0.2) is 133 Å². The van der Waals surface area contributed by atoms with E-state index in [0.717, 1.165) is 22.3 Å². The van der Waals surface area contributed by atoms with Gasteiger partial charge in [-0.25, -0.2) is 0 Å². The first-order chi connectivity index (χ1) is 20.6. The minimum atomic E-state index is -0.493. The van der Waals surface area contributed by atoms with Crippen molar-refractivity contribution in [1.29, 1.82) is 0 Å². The topological polar surface area (TPSA) is 75.9 Å². The molecular weight excluding hydrogens is 526 g/mol. The number of hydrogen-bond donors (Lipinski definition) is 0. The van der Waals surface area contributed by atoms with E-state index in [-0.39, 0.29) is 11.6 Å². The predicted molar refractivity (Wildman–Crippen MR) is 162 cm³/mol. The van der Waals surface area contributed by atoms with Crippen LogP contribution in [0.25, 0.3) is 0 Å². The Labute approximate surface area is 244 Å². The van der Waals surface area contributed by atoms with Crippen molar-refractivity contribution >= 4 is 17.3 Å². The number of anilines is 1. The number of carbonyl (C=O) groups excluding carboxylic acids is 1. The van der Waals surface area contributed by atoms with Gasteiger partial charge < -0.3 is 14.5 Å². The third-order valence-electron chi connectivity index (χ3n) is 7.38. The molecule has 7 nitrogen and oxygen atoms in total. The first-order valence-electron chi connectivity index (χ1n) is 13.8. The Kier molecular flexibility index (Phi) is 7.64. The molecule has 0 spiro atoms. The molecule has 42 heavy (non-hydrogen) atoms. The Morgan fingerprint density at radius 3 is 1.88 bits per heavy atom. The van der Waals surface area contributed by atoms with Crippen molar-refractivity contribution in [2.75, 3.05) is 4.90 Å². The number of non-ortho nitro benzene ring substituents is 1. The second-order valence-electron chi connectivity index (χ2n) is 10.2. The molecule has 208 valence electrons. The molecule has 0 bridgehead atoms. The average Bonchev–Trinajstić information content (AvgIpc) is 3.03. The molecule has 1 heterocycles. The fraction of sp³-hybridized carbons (Fsp3) is 0.114. The van der Waals surface area contributed by atoms with E-state index in [1.807, 2.05) is 115 Å². The summed E-state index contributed by atoms with van der Waals surface area (Å²) in [5.74, 6) is 0.431. The Morgan fingerprint density at radius 1 is 0.667 bits per heavy atom. The number of hydrogen-bond acceptors (Lipinski definition) is 5. The lowest BCUT2D eigenvalue weighted by Gasteiger charge is -2.46. The van der Waals surface area contributed by atoms with Gasteiger partial charge in [0.15, 0.2) is 0 Å². The van der Waals surface area contributed by atoms with Crippen LogP contribution in [0, 0.1) is 10.1 Å². The highest BCUT2D eigenvalue weighted by atomic mass is 16.6. The molecule has 0 radical (unpaired) electrons. The molecule has 5 aromatic carbocycles. The first-order valence-corrected chi connectivity index (χ1v) is 13.8. The highest BCUT2D eigenvalue weighted by Crippen LogP contribution is 2.42. The van der Waals surface area contributed by atoms with Gasteiger partial charge in [0, 0.05) is 25.2 Å². The molecule has 0 fully saturated rings. The highest BCUT2D eigenvalue weighted by Gasteiger charge is 2.39. The summed E-state index contributed by atoms with van der Waals surface area (Å²) >= 11 is 0. The van der Waals surface area contributed by atoms with Gasteiger partial charge in [0.05, 0.1) is 16.2 Å². The minimum Gasteiger partial charge on any atom is -0.489 e. The quantitative estimate of drug-likeness (QED) is 0.139. The maximum absolute atomic E-state index is 14.2. The number of nitrogens with zero attached hydrogens (tertiary/aromatic N) is 3. The molecule has 5 aromatic rings. The van der Waals surface area contributed by atoms with Crippen LogP contribution in [0.3, 0.4) is 0 Å². The van der Waals surface area contributed by atoms with Gasteiger partial charge in [-0.2, -0.15) is 0 Å². The van der Waals surface area contributed by atoms with Crippen LogP contribution in [0.1, 0.15) is 38.8 Å². The van der Waals surface area contributed by atoms with Crippen molar-refractivity contribution in [3.8, 4) is 5.75 Å². The van der Waals surface area contributed by atoms with E-state index in [4.69, 9.17) is 4.74 Å². The van der Waals surface area contributed by atoms with Gasteiger partial charge >= 0.3 is 0 Å².